The fraction of sp³-hybridized carbons (Fsp3) is 0.500. The Balaban J connectivity index is 1.42. The van der Waals surface area contributed by atoms with Gasteiger partial charge < -0.3 is 9.31 Å². The molecule has 2 amide bonds. The summed E-state index contributed by atoms with van der Waals surface area (Å²) in [5, 5.41) is 0. The second kappa shape index (κ2) is 7.01. The first-order valence-electron chi connectivity index (χ1n) is 9.20. The maximum Gasteiger partial charge on any atom is 0.486 e. The topological polar surface area (TPSA) is 55.8 Å². The third kappa shape index (κ3) is 3.48. The monoisotopic (exact) mass is 355 g/mol. The number of carbonyl (C=O) groups excluding carboxylic acids is 2. The molecule has 26 heavy (non-hydrogen) atoms. The molecule has 1 fully saturated rings. The lowest BCUT2D eigenvalue weighted by Crippen LogP contribution is -2.41. The molecule has 0 aliphatic carbocycles. The number of allylic oxidation sites excluding steroid dienone is 1. The zero-order valence-electron chi connectivity index (χ0n) is 16.0. The molecule has 138 valence electrons. The van der Waals surface area contributed by atoms with E-state index in [2.05, 4.69) is 0 Å². The molecule has 0 spiro atoms. The molecule has 1 saturated heterocycles. The molecule has 3 rings (SSSR count). The Morgan fingerprint density at radius 2 is 1.50 bits per heavy atom. The van der Waals surface area contributed by atoms with Gasteiger partial charge in [-0.05, 0) is 59.1 Å². The van der Waals surface area contributed by atoms with Crippen molar-refractivity contribution in [3.05, 3.63) is 47.4 Å². The van der Waals surface area contributed by atoms with Crippen LogP contribution < -0.4 is 0 Å². The molecule has 0 atom stereocenters. The molecule has 0 bridgehead atoms. The Morgan fingerprint density at radius 3 is 2.04 bits per heavy atom. The minimum Gasteiger partial charge on any atom is -0.400 e. The highest BCUT2D eigenvalue weighted by Crippen LogP contribution is 2.36. The number of hydrogen-bond acceptors (Lipinski definition) is 4. The summed E-state index contributed by atoms with van der Waals surface area (Å²) in [7, 11) is -0.323. The number of unbranched alkanes of at least 4 members (excludes halogenated alkanes) is 2. The van der Waals surface area contributed by atoms with Gasteiger partial charge >= 0.3 is 7.12 Å². The van der Waals surface area contributed by atoms with Crippen LogP contribution in [0.3, 0.4) is 0 Å². The predicted octanol–water partition coefficient (Wildman–Crippen LogP) is 3.64. The molecule has 1 aromatic carbocycles. The summed E-state index contributed by atoms with van der Waals surface area (Å²) < 4.78 is 11.8. The molecule has 0 radical (unpaired) electrons. The number of nitrogens with zero attached hydrogens (tertiary/aromatic N) is 1. The Labute approximate surface area is 155 Å². The fourth-order valence-electron chi connectivity index (χ4n) is 3.15. The van der Waals surface area contributed by atoms with Gasteiger partial charge in [0.15, 0.2) is 0 Å². The van der Waals surface area contributed by atoms with Crippen molar-refractivity contribution < 1.29 is 18.9 Å². The van der Waals surface area contributed by atoms with Gasteiger partial charge in [0.1, 0.15) is 0 Å². The number of benzene rings is 1. The molecule has 2 aliphatic heterocycles. The van der Waals surface area contributed by atoms with Crippen LogP contribution in [0.5, 0.6) is 0 Å². The van der Waals surface area contributed by atoms with Gasteiger partial charge in [-0.15, -0.1) is 0 Å². The van der Waals surface area contributed by atoms with Crippen LogP contribution in [0, 0.1) is 0 Å². The second-order valence-corrected chi connectivity index (χ2v) is 7.86. The van der Waals surface area contributed by atoms with Crippen LogP contribution in [0.1, 0.15) is 67.7 Å². The summed E-state index contributed by atoms with van der Waals surface area (Å²) in [5.74, 6) is 1.58. The van der Waals surface area contributed by atoms with Crippen molar-refractivity contribution >= 4 is 18.9 Å². The van der Waals surface area contributed by atoms with Gasteiger partial charge in [-0.25, -0.2) is 0 Å². The second-order valence-electron chi connectivity index (χ2n) is 7.86. The first kappa shape index (κ1) is 18.9. The van der Waals surface area contributed by atoms with E-state index < -0.39 is 0 Å². The quantitative estimate of drug-likeness (QED) is 0.444. The Kier molecular flexibility index (Phi) is 5.08. The average Bonchev–Trinajstić information content (AvgIpc) is 2.94. The average molecular weight is 355 g/mol. The molecular weight excluding hydrogens is 329 g/mol. The van der Waals surface area contributed by atoms with Crippen LogP contribution in [0.2, 0.25) is 0 Å². The van der Waals surface area contributed by atoms with E-state index in [0.29, 0.717) is 17.7 Å². The molecular formula is C20H26BNO4. The highest BCUT2D eigenvalue weighted by Gasteiger charge is 2.49. The lowest BCUT2D eigenvalue weighted by atomic mass is 9.89. The van der Waals surface area contributed by atoms with Crippen molar-refractivity contribution in [2.24, 2.45) is 0 Å². The molecule has 2 heterocycles. The summed E-state index contributed by atoms with van der Waals surface area (Å²) in [4.78, 5) is 25.9. The van der Waals surface area contributed by atoms with E-state index in [1.165, 1.54) is 4.90 Å². The van der Waals surface area contributed by atoms with Crippen LogP contribution in [0.15, 0.2) is 36.3 Å². The number of carbonyl (C=O) groups is 2. The van der Waals surface area contributed by atoms with Gasteiger partial charge in [0.05, 0.1) is 22.3 Å². The fourth-order valence-corrected chi connectivity index (χ4v) is 3.15. The van der Waals surface area contributed by atoms with Crippen LogP contribution >= 0.6 is 0 Å². The van der Waals surface area contributed by atoms with Crippen LogP contribution in [0.25, 0.3) is 0 Å². The predicted molar refractivity (Wildman–Crippen MR) is 101 cm³/mol. The number of imide groups is 1. The van der Waals surface area contributed by atoms with Crippen molar-refractivity contribution in [1.29, 1.82) is 0 Å². The van der Waals surface area contributed by atoms with Crippen LogP contribution in [0.4, 0.5) is 0 Å². The molecule has 6 heteroatoms. The first-order chi connectivity index (χ1) is 12.2. The summed E-state index contributed by atoms with van der Waals surface area (Å²) in [6.45, 7) is 8.58. The number of hydrogen-bond donors (Lipinski definition) is 0. The van der Waals surface area contributed by atoms with E-state index in [4.69, 9.17) is 9.31 Å². The Morgan fingerprint density at radius 1 is 0.962 bits per heavy atom. The van der Waals surface area contributed by atoms with E-state index in [0.717, 1.165) is 19.3 Å². The van der Waals surface area contributed by atoms with Gasteiger partial charge in [0, 0.05) is 6.54 Å². The minimum atomic E-state index is -0.326. The van der Waals surface area contributed by atoms with Gasteiger partial charge in [-0.3, -0.25) is 14.5 Å². The minimum absolute atomic E-state index is 0.182. The molecule has 5 nitrogen and oxygen atoms in total. The molecule has 0 aromatic heterocycles. The Bertz CT molecular complexity index is 690. The lowest BCUT2D eigenvalue weighted by Gasteiger charge is -2.32. The van der Waals surface area contributed by atoms with Crippen LogP contribution in [-0.4, -0.2) is 41.6 Å². The third-order valence-electron chi connectivity index (χ3n) is 5.45. The maximum atomic E-state index is 12.3. The van der Waals surface area contributed by atoms with Crippen molar-refractivity contribution in [3.8, 4) is 0 Å². The first-order valence-corrected chi connectivity index (χ1v) is 9.20. The zero-order valence-corrected chi connectivity index (χ0v) is 16.0. The van der Waals surface area contributed by atoms with Crippen molar-refractivity contribution in [1.82, 2.24) is 4.90 Å². The summed E-state index contributed by atoms with van der Waals surface area (Å²) in [6, 6.07) is 6.99. The van der Waals surface area contributed by atoms with Gasteiger partial charge in [-0.1, -0.05) is 24.2 Å². The van der Waals surface area contributed by atoms with Gasteiger partial charge in [-0.2, -0.15) is 0 Å². The number of rotatable bonds is 6. The molecule has 0 N–H and O–H groups in total. The van der Waals surface area contributed by atoms with Crippen molar-refractivity contribution in [3.63, 3.8) is 0 Å². The summed E-state index contributed by atoms with van der Waals surface area (Å²) in [6.07, 6.45) is 4.57. The van der Waals surface area contributed by atoms with E-state index >= 15 is 0 Å². The largest absolute Gasteiger partial charge is 0.486 e. The highest BCUT2D eigenvalue weighted by molar-refractivity contribution is 6.51. The number of fused-ring (bicyclic) bond motifs is 1. The molecule has 2 aliphatic rings. The van der Waals surface area contributed by atoms with Gasteiger partial charge in [0.2, 0.25) is 0 Å². The number of amides is 2. The van der Waals surface area contributed by atoms with Gasteiger partial charge in [0.25, 0.3) is 11.8 Å². The standard InChI is InChI=1S/C20H26BNO4/c1-19(2)20(3,4)26-21(25-19)13-9-5-6-10-14-22-17(23)15-11-7-8-12-16(15)18(22)24/h7-9,11-13H,5-6,10,14H2,1-4H3/b13-9+. The smallest absolute Gasteiger partial charge is 0.400 e. The maximum absolute atomic E-state index is 12.3. The van der Waals surface area contributed by atoms with E-state index in [-0.39, 0.29) is 30.1 Å². The lowest BCUT2D eigenvalue weighted by molar-refractivity contribution is 0.00578. The summed E-state index contributed by atoms with van der Waals surface area (Å²) >= 11 is 0. The van der Waals surface area contributed by atoms with E-state index in [1.54, 1.807) is 24.3 Å². The van der Waals surface area contributed by atoms with Crippen LogP contribution in [-0.2, 0) is 9.31 Å². The normalized spacial score (nSPS) is 21.1. The van der Waals surface area contributed by atoms with Crippen molar-refractivity contribution in [2.45, 2.75) is 58.2 Å². The highest BCUT2D eigenvalue weighted by atomic mass is 16.7. The Hall–Kier alpha value is -1.92. The summed E-state index contributed by atoms with van der Waals surface area (Å²) in [5.41, 5.74) is 0.373. The third-order valence-corrected chi connectivity index (χ3v) is 5.45. The van der Waals surface area contributed by atoms with E-state index in [1.807, 2.05) is 39.7 Å². The molecule has 1 aromatic rings. The zero-order chi connectivity index (χ0) is 18.9. The van der Waals surface area contributed by atoms with Crippen molar-refractivity contribution in [2.75, 3.05) is 6.54 Å². The van der Waals surface area contributed by atoms with E-state index in [9.17, 15) is 9.59 Å². The SMILES string of the molecule is CC1(C)OB(/C=C/CCCCN2C(=O)c3ccccc3C2=O)OC1(C)C. The molecule has 0 saturated carbocycles. The molecule has 0 unspecified atom stereocenters.